The van der Waals surface area contributed by atoms with Gasteiger partial charge in [0.05, 0.1) is 10.0 Å². The molecule has 3 heteroatoms. The van der Waals surface area contributed by atoms with E-state index in [2.05, 4.69) is 36.5 Å². The van der Waals surface area contributed by atoms with Crippen molar-refractivity contribution in [3.63, 3.8) is 0 Å². The Hall–Kier alpha value is -1.02. The molecule has 2 atom stereocenters. The molecule has 0 heterocycles. The highest BCUT2D eigenvalue weighted by Crippen LogP contribution is 2.31. The van der Waals surface area contributed by atoms with Gasteiger partial charge in [-0.3, -0.25) is 0 Å². The fourth-order valence-electron chi connectivity index (χ4n) is 3.14. The Morgan fingerprint density at radius 1 is 1.05 bits per heavy atom. The Morgan fingerprint density at radius 2 is 1.81 bits per heavy atom. The average Bonchev–Trinajstić information content (AvgIpc) is 2.50. The van der Waals surface area contributed by atoms with E-state index in [1.165, 1.54) is 17.5 Å². The monoisotopic (exact) mass is 319 g/mol. The molecule has 2 unspecified atom stereocenters. The van der Waals surface area contributed by atoms with Crippen LogP contribution in [0.15, 0.2) is 42.5 Å². The third-order valence-electron chi connectivity index (χ3n) is 4.28. The summed E-state index contributed by atoms with van der Waals surface area (Å²) in [4.78, 5) is 0. The number of halogens is 2. The van der Waals surface area contributed by atoms with Gasteiger partial charge in [0, 0.05) is 12.1 Å². The minimum atomic E-state index is 0.200. The number of nitrogens with one attached hydrogen (secondary N) is 1. The van der Waals surface area contributed by atoms with Crippen LogP contribution in [0.4, 0.5) is 0 Å². The fraction of sp³-hybridized carbons (Fsp3) is 0.333. The summed E-state index contributed by atoms with van der Waals surface area (Å²) in [5.74, 6) is 0. The van der Waals surface area contributed by atoms with Crippen LogP contribution in [-0.4, -0.2) is 6.04 Å². The third-order valence-corrected chi connectivity index (χ3v) is 5.11. The van der Waals surface area contributed by atoms with Crippen LogP contribution in [0.1, 0.15) is 36.1 Å². The Kier molecular flexibility index (Phi) is 4.54. The van der Waals surface area contributed by atoms with Crippen LogP contribution in [-0.2, 0) is 12.8 Å². The maximum absolute atomic E-state index is 6.31. The van der Waals surface area contributed by atoms with Gasteiger partial charge in [0.1, 0.15) is 0 Å². The van der Waals surface area contributed by atoms with E-state index in [1.54, 1.807) is 0 Å². The van der Waals surface area contributed by atoms with Gasteiger partial charge in [-0.25, -0.2) is 0 Å². The lowest BCUT2D eigenvalue weighted by atomic mass is 9.88. The first-order valence-electron chi connectivity index (χ1n) is 7.42. The predicted octanol–water partition coefficient (Wildman–Crippen LogP) is 5.20. The smallest absolute Gasteiger partial charge is 0.0639 e. The molecule has 1 aliphatic carbocycles. The van der Waals surface area contributed by atoms with Crippen LogP contribution in [0.3, 0.4) is 0 Å². The molecule has 1 N–H and O–H groups in total. The maximum Gasteiger partial charge on any atom is 0.0639 e. The summed E-state index contributed by atoms with van der Waals surface area (Å²) >= 11 is 12.4. The molecule has 0 saturated carbocycles. The number of fused-ring (bicyclic) bond motifs is 1. The molecule has 1 nitrogen and oxygen atoms in total. The molecule has 0 spiro atoms. The first kappa shape index (κ1) is 14.9. The van der Waals surface area contributed by atoms with E-state index in [0.29, 0.717) is 16.1 Å². The molecule has 2 aromatic carbocycles. The Labute approximate surface area is 136 Å². The van der Waals surface area contributed by atoms with Crippen LogP contribution < -0.4 is 5.32 Å². The highest BCUT2D eigenvalue weighted by atomic mass is 35.5. The zero-order valence-electron chi connectivity index (χ0n) is 12.1. The summed E-state index contributed by atoms with van der Waals surface area (Å²) in [7, 11) is 0. The average molecular weight is 320 g/mol. The summed E-state index contributed by atoms with van der Waals surface area (Å²) in [5.41, 5.74) is 4.03. The van der Waals surface area contributed by atoms with Gasteiger partial charge in [-0.2, -0.15) is 0 Å². The third kappa shape index (κ3) is 3.26. The van der Waals surface area contributed by atoms with E-state index in [4.69, 9.17) is 23.2 Å². The lowest BCUT2D eigenvalue weighted by Gasteiger charge is -2.29. The van der Waals surface area contributed by atoms with E-state index < -0.39 is 0 Å². The van der Waals surface area contributed by atoms with Gasteiger partial charge in [-0.05, 0) is 48.9 Å². The van der Waals surface area contributed by atoms with Crippen molar-refractivity contribution in [3.05, 3.63) is 69.2 Å². The zero-order chi connectivity index (χ0) is 14.8. The normalized spacial score (nSPS) is 19.1. The molecule has 21 heavy (non-hydrogen) atoms. The van der Waals surface area contributed by atoms with E-state index in [9.17, 15) is 0 Å². The summed E-state index contributed by atoms with van der Waals surface area (Å²) in [6.07, 6.45) is 3.39. The first-order valence-corrected chi connectivity index (χ1v) is 8.17. The second-order valence-corrected chi connectivity index (χ2v) is 6.52. The van der Waals surface area contributed by atoms with Gasteiger partial charge in [0.15, 0.2) is 0 Å². The molecule has 0 aliphatic heterocycles. The molecule has 0 saturated heterocycles. The van der Waals surface area contributed by atoms with Crippen molar-refractivity contribution in [3.8, 4) is 0 Å². The van der Waals surface area contributed by atoms with E-state index in [1.807, 2.05) is 18.2 Å². The Morgan fingerprint density at radius 3 is 2.62 bits per heavy atom. The quantitative estimate of drug-likeness (QED) is 0.819. The number of rotatable bonds is 3. The second-order valence-electron chi connectivity index (χ2n) is 5.74. The molecule has 0 amide bonds. The molecular weight excluding hydrogens is 301 g/mol. The van der Waals surface area contributed by atoms with Crippen LogP contribution in [0.5, 0.6) is 0 Å². The Bertz CT molecular complexity index is 639. The van der Waals surface area contributed by atoms with Crippen molar-refractivity contribution < 1.29 is 0 Å². The lowest BCUT2D eigenvalue weighted by molar-refractivity contribution is 0.414. The van der Waals surface area contributed by atoms with Crippen molar-refractivity contribution in [2.75, 3.05) is 0 Å². The van der Waals surface area contributed by atoms with Gasteiger partial charge >= 0.3 is 0 Å². The minimum Gasteiger partial charge on any atom is -0.307 e. The molecule has 0 bridgehead atoms. The van der Waals surface area contributed by atoms with E-state index in [0.717, 1.165) is 18.4 Å². The fourth-order valence-corrected chi connectivity index (χ4v) is 3.61. The topological polar surface area (TPSA) is 12.0 Å². The van der Waals surface area contributed by atoms with Crippen LogP contribution >= 0.6 is 23.2 Å². The summed E-state index contributed by atoms with van der Waals surface area (Å²) < 4.78 is 0. The molecule has 2 aromatic rings. The van der Waals surface area contributed by atoms with Crippen molar-refractivity contribution in [2.24, 2.45) is 0 Å². The highest BCUT2D eigenvalue weighted by molar-refractivity contribution is 6.42. The van der Waals surface area contributed by atoms with Crippen LogP contribution in [0.2, 0.25) is 10.0 Å². The van der Waals surface area contributed by atoms with Crippen LogP contribution in [0, 0.1) is 0 Å². The van der Waals surface area contributed by atoms with Crippen LogP contribution in [0.25, 0.3) is 0 Å². The summed E-state index contributed by atoms with van der Waals surface area (Å²) in [6, 6.07) is 15.2. The standard InChI is InChI=1S/C18H19Cl2N/c1-12(16-7-4-8-17(19)18(16)20)21-15-10-9-13-5-2-3-6-14(13)11-15/h2-8,12,15,21H,9-11H2,1H3. The maximum atomic E-state index is 6.31. The number of aryl methyl sites for hydroxylation is 1. The number of hydrogen-bond donors (Lipinski definition) is 1. The Balaban J connectivity index is 1.72. The molecule has 0 aromatic heterocycles. The molecule has 0 fully saturated rings. The van der Waals surface area contributed by atoms with Crippen molar-refractivity contribution in [1.29, 1.82) is 0 Å². The molecule has 3 rings (SSSR count). The van der Waals surface area contributed by atoms with E-state index in [-0.39, 0.29) is 6.04 Å². The molecule has 0 radical (unpaired) electrons. The summed E-state index contributed by atoms with van der Waals surface area (Å²) in [6.45, 7) is 2.15. The van der Waals surface area contributed by atoms with Crippen molar-refractivity contribution in [2.45, 2.75) is 38.3 Å². The predicted molar refractivity (Wildman–Crippen MR) is 90.3 cm³/mol. The van der Waals surface area contributed by atoms with Crippen molar-refractivity contribution in [1.82, 2.24) is 5.32 Å². The SMILES string of the molecule is CC(NC1CCc2ccccc2C1)c1cccc(Cl)c1Cl. The van der Waals surface area contributed by atoms with Crippen molar-refractivity contribution >= 4 is 23.2 Å². The minimum absolute atomic E-state index is 0.200. The largest absolute Gasteiger partial charge is 0.307 e. The van der Waals surface area contributed by atoms with Gasteiger partial charge in [-0.15, -0.1) is 0 Å². The van der Waals surface area contributed by atoms with Gasteiger partial charge in [-0.1, -0.05) is 59.6 Å². The lowest BCUT2D eigenvalue weighted by Crippen LogP contribution is -2.36. The summed E-state index contributed by atoms with van der Waals surface area (Å²) in [5, 5.41) is 4.99. The highest BCUT2D eigenvalue weighted by Gasteiger charge is 2.21. The van der Waals surface area contributed by atoms with E-state index >= 15 is 0 Å². The van der Waals surface area contributed by atoms with Gasteiger partial charge < -0.3 is 5.32 Å². The molecule has 1 aliphatic rings. The first-order chi connectivity index (χ1) is 10.1. The zero-order valence-corrected chi connectivity index (χ0v) is 13.6. The second kappa shape index (κ2) is 6.39. The number of benzene rings is 2. The molecular formula is C18H19Cl2N. The number of hydrogen-bond acceptors (Lipinski definition) is 1. The van der Waals surface area contributed by atoms with Gasteiger partial charge in [0.25, 0.3) is 0 Å². The van der Waals surface area contributed by atoms with Gasteiger partial charge in [0.2, 0.25) is 0 Å². The molecule has 110 valence electrons.